The van der Waals surface area contributed by atoms with E-state index in [-0.39, 0.29) is 17.2 Å². The van der Waals surface area contributed by atoms with Crippen molar-refractivity contribution in [1.29, 1.82) is 0 Å². The highest BCUT2D eigenvalue weighted by Gasteiger charge is 2.44. The highest BCUT2D eigenvalue weighted by atomic mass is 16.6. The molecule has 0 bridgehead atoms. The Labute approximate surface area is 246 Å². The third kappa shape index (κ3) is 4.88. The molecule has 0 aliphatic carbocycles. The van der Waals surface area contributed by atoms with E-state index in [0.717, 1.165) is 38.9 Å². The van der Waals surface area contributed by atoms with Gasteiger partial charge in [0.2, 0.25) is 0 Å². The number of nitrogens with zero attached hydrogens (tertiary/aromatic N) is 2. The van der Waals surface area contributed by atoms with Crippen LogP contribution in [0.5, 0.6) is 0 Å². The van der Waals surface area contributed by atoms with Crippen LogP contribution in [-0.4, -0.2) is 38.6 Å². The summed E-state index contributed by atoms with van der Waals surface area (Å²) in [7, 11) is 0. The van der Waals surface area contributed by atoms with Gasteiger partial charge < -0.3 is 9.88 Å². The number of rotatable bonds is 6. The van der Waals surface area contributed by atoms with E-state index < -0.39 is 28.8 Å². The molecule has 0 radical (unpaired) electrons. The number of non-ortho nitro benzene ring substituents is 1. The second-order valence-corrected chi connectivity index (χ2v) is 10.5. The number of carbonyl (C=O) groups is 3. The first-order valence-electron chi connectivity index (χ1n) is 13.7. The number of amides is 3. The van der Waals surface area contributed by atoms with Crippen LogP contribution in [0.15, 0.2) is 97.1 Å². The number of hydrogen-bond acceptors (Lipinski definition) is 5. The van der Waals surface area contributed by atoms with Crippen molar-refractivity contribution in [2.75, 3.05) is 0 Å². The predicted molar refractivity (Wildman–Crippen MR) is 161 cm³/mol. The van der Waals surface area contributed by atoms with E-state index >= 15 is 0 Å². The summed E-state index contributed by atoms with van der Waals surface area (Å²) in [5, 5.41) is 11.8. The van der Waals surface area contributed by atoms with Gasteiger partial charge in [-0.25, -0.2) is 0 Å². The third-order valence-corrected chi connectivity index (χ3v) is 7.79. The Kier molecular flexibility index (Phi) is 6.95. The molecule has 0 saturated heterocycles. The number of nitrogens with one attached hydrogen (secondary N) is 3. The minimum atomic E-state index is -0.985. The van der Waals surface area contributed by atoms with Crippen molar-refractivity contribution >= 4 is 34.3 Å². The lowest BCUT2D eigenvalue weighted by atomic mass is 9.92. The number of carbonyl (C=O) groups excluding carboxylic acids is 3. The monoisotopic (exact) mass is 573 g/mol. The van der Waals surface area contributed by atoms with Crippen LogP contribution >= 0.6 is 0 Å². The molecule has 3 N–H and O–H groups in total. The molecule has 0 saturated carbocycles. The van der Waals surface area contributed by atoms with E-state index in [1.807, 2.05) is 67.6 Å². The van der Waals surface area contributed by atoms with Crippen molar-refractivity contribution < 1.29 is 19.3 Å². The van der Waals surface area contributed by atoms with Crippen molar-refractivity contribution in [3.63, 3.8) is 0 Å². The summed E-state index contributed by atoms with van der Waals surface area (Å²) in [5.41, 5.74) is 10.7. The van der Waals surface area contributed by atoms with Gasteiger partial charge in [0.15, 0.2) is 0 Å². The maximum Gasteiger partial charge on any atom is 0.269 e. The average molecular weight is 574 g/mol. The van der Waals surface area contributed by atoms with Crippen LogP contribution in [0.25, 0.3) is 22.2 Å². The molecular weight excluding hydrogens is 546 g/mol. The molecule has 6 rings (SSSR count). The number of benzene rings is 4. The SMILES string of the molecule is Cc1ccc(-c2[nH]c3ccccc3c2C2c3ccccc3C(=O)N2C(C)C(=O)NNC(=O)c2ccc([N+](=O)[O-])cc2)cc1. The van der Waals surface area contributed by atoms with Crippen LogP contribution in [0.3, 0.4) is 0 Å². The van der Waals surface area contributed by atoms with Gasteiger partial charge in [-0.15, -0.1) is 0 Å². The first-order chi connectivity index (χ1) is 20.7. The van der Waals surface area contributed by atoms with Gasteiger partial charge in [0.1, 0.15) is 6.04 Å². The summed E-state index contributed by atoms with van der Waals surface area (Å²) in [6, 6.07) is 26.7. The van der Waals surface area contributed by atoms with Crippen molar-refractivity contribution in [2.24, 2.45) is 0 Å². The van der Waals surface area contributed by atoms with Crippen LogP contribution in [0.2, 0.25) is 0 Å². The maximum absolute atomic E-state index is 13.9. The fourth-order valence-electron chi connectivity index (χ4n) is 5.58. The highest BCUT2D eigenvalue weighted by Crippen LogP contribution is 2.46. The fraction of sp³-hybridized carbons (Fsp3) is 0.121. The summed E-state index contributed by atoms with van der Waals surface area (Å²) < 4.78 is 0. The van der Waals surface area contributed by atoms with Gasteiger partial charge in [-0.05, 0) is 49.2 Å². The number of para-hydroxylation sites is 1. The van der Waals surface area contributed by atoms with Gasteiger partial charge >= 0.3 is 0 Å². The lowest BCUT2D eigenvalue weighted by Crippen LogP contribution is -2.52. The minimum Gasteiger partial charge on any atom is -0.354 e. The number of aromatic amines is 1. The molecule has 3 amide bonds. The van der Waals surface area contributed by atoms with Gasteiger partial charge in [-0.3, -0.25) is 35.3 Å². The molecule has 2 atom stereocenters. The fourth-order valence-corrected chi connectivity index (χ4v) is 5.58. The topological polar surface area (TPSA) is 137 Å². The van der Waals surface area contributed by atoms with Crippen molar-refractivity contribution in [1.82, 2.24) is 20.7 Å². The molecule has 1 aromatic heterocycles. The largest absolute Gasteiger partial charge is 0.354 e. The molecule has 5 aromatic rings. The van der Waals surface area contributed by atoms with Gasteiger partial charge in [0, 0.05) is 39.7 Å². The molecule has 10 heteroatoms. The third-order valence-electron chi connectivity index (χ3n) is 7.79. The number of aromatic nitrogens is 1. The van der Waals surface area contributed by atoms with Crippen molar-refractivity contribution in [3.05, 3.63) is 135 Å². The molecule has 43 heavy (non-hydrogen) atoms. The first kappa shape index (κ1) is 27.4. The molecule has 214 valence electrons. The molecule has 10 nitrogen and oxygen atoms in total. The molecule has 0 fully saturated rings. The zero-order valence-electron chi connectivity index (χ0n) is 23.3. The highest BCUT2D eigenvalue weighted by molar-refractivity contribution is 6.04. The van der Waals surface area contributed by atoms with Crippen LogP contribution in [0.1, 0.15) is 50.4 Å². The standard InChI is InChI=1S/C33H27N5O5/c1-19-11-13-21(14-12-19)29-28(26-9-5-6-10-27(26)34-29)30-24-7-3-4-8-25(24)33(41)37(30)20(2)31(39)35-36-32(40)22-15-17-23(18-16-22)38(42)43/h3-18,20,30,34H,1-2H3,(H,35,39)(H,36,40). The molecule has 0 spiro atoms. The van der Waals surface area contributed by atoms with Gasteiger partial charge in [0.05, 0.1) is 16.7 Å². The van der Waals surface area contributed by atoms with E-state index in [1.54, 1.807) is 24.0 Å². The number of nitro benzene ring substituents is 1. The molecule has 4 aromatic carbocycles. The van der Waals surface area contributed by atoms with E-state index in [0.29, 0.717) is 5.56 Å². The lowest BCUT2D eigenvalue weighted by molar-refractivity contribution is -0.384. The molecule has 1 aliphatic heterocycles. The van der Waals surface area contributed by atoms with Gasteiger partial charge in [-0.1, -0.05) is 66.2 Å². The Hall–Kier alpha value is -5.77. The van der Waals surface area contributed by atoms with Crippen molar-refractivity contribution in [3.8, 4) is 11.3 Å². The van der Waals surface area contributed by atoms with Crippen molar-refractivity contribution in [2.45, 2.75) is 25.9 Å². The van der Waals surface area contributed by atoms with Crippen LogP contribution in [0, 0.1) is 17.0 Å². The Morgan fingerprint density at radius 1 is 0.907 bits per heavy atom. The first-order valence-corrected chi connectivity index (χ1v) is 13.7. The Morgan fingerprint density at radius 3 is 2.30 bits per heavy atom. The molecule has 2 heterocycles. The van der Waals surface area contributed by atoms with Crippen LogP contribution < -0.4 is 10.9 Å². The smallest absolute Gasteiger partial charge is 0.269 e. The molecule has 2 unspecified atom stereocenters. The number of hydrogen-bond donors (Lipinski definition) is 3. The zero-order valence-corrected chi connectivity index (χ0v) is 23.3. The zero-order chi connectivity index (χ0) is 30.2. The van der Waals surface area contributed by atoms with Gasteiger partial charge in [-0.2, -0.15) is 0 Å². The summed E-state index contributed by atoms with van der Waals surface area (Å²) in [6.07, 6.45) is 0. The second kappa shape index (κ2) is 10.9. The Morgan fingerprint density at radius 2 is 1.58 bits per heavy atom. The number of nitro groups is 1. The van der Waals surface area contributed by atoms with E-state index in [2.05, 4.69) is 15.8 Å². The van der Waals surface area contributed by atoms with Crippen LogP contribution in [0.4, 0.5) is 5.69 Å². The molecular formula is C33H27N5O5. The summed E-state index contributed by atoms with van der Waals surface area (Å²) in [5.74, 6) is -1.55. The number of hydrazine groups is 1. The summed E-state index contributed by atoms with van der Waals surface area (Å²) in [4.78, 5) is 55.5. The normalized spacial score (nSPS) is 14.8. The molecule has 1 aliphatic rings. The number of aryl methyl sites for hydroxylation is 1. The lowest BCUT2D eigenvalue weighted by Gasteiger charge is -2.31. The average Bonchev–Trinajstić information content (AvgIpc) is 3.54. The summed E-state index contributed by atoms with van der Waals surface area (Å²) in [6.45, 7) is 3.63. The Balaban J connectivity index is 1.36. The summed E-state index contributed by atoms with van der Waals surface area (Å²) >= 11 is 0. The van der Waals surface area contributed by atoms with Crippen LogP contribution in [-0.2, 0) is 4.79 Å². The van der Waals surface area contributed by atoms with E-state index in [1.165, 1.54) is 24.3 Å². The van der Waals surface area contributed by atoms with Gasteiger partial charge in [0.25, 0.3) is 23.4 Å². The number of H-pyrrole nitrogens is 1. The second-order valence-electron chi connectivity index (χ2n) is 10.5. The predicted octanol–water partition coefficient (Wildman–Crippen LogP) is 5.45. The number of fused-ring (bicyclic) bond motifs is 2. The quantitative estimate of drug-likeness (QED) is 0.183. The van der Waals surface area contributed by atoms with E-state index in [4.69, 9.17) is 0 Å². The Bertz CT molecular complexity index is 1900. The minimum absolute atomic E-state index is 0.127. The maximum atomic E-state index is 13.9. The van der Waals surface area contributed by atoms with E-state index in [9.17, 15) is 24.5 Å².